The van der Waals surface area contributed by atoms with Crippen LogP contribution in [0.2, 0.25) is 9.49 Å². The Morgan fingerprint density at radius 3 is 2.56 bits per heavy atom. The molecule has 6 heteroatoms. The van der Waals surface area contributed by atoms with Crippen LogP contribution in [0.15, 0.2) is 16.6 Å². The van der Waals surface area contributed by atoms with Crippen LogP contribution in [-0.2, 0) is 6.42 Å². The van der Waals surface area contributed by atoms with Gasteiger partial charge in [0.05, 0.1) is 4.88 Å². The average molecular weight is 366 g/mol. The first kappa shape index (κ1) is 14.3. The molecule has 2 nitrogen and oxygen atoms in total. The Labute approximate surface area is 129 Å². The summed E-state index contributed by atoms with van der Waals surface area (Å²) in [7, 11) is 0. The van der Waals surface area contributed by atoms with Crippen LogP contribution in [0.3, 0.4) is 0 Å². The zero-order valence-electron chi connectivity index (χ0n) is 9.88. The number of halogens is 3. The highest BCUT2D eigenvalue weighted by atomic mass is 79.9. The molecule has 0 aromatic carbocycles. The number of nitrogens with zero attached hydrogens (tertiary/aromatic N) is 2. The first-order valence-corrected chi connectivity index (χ1v) is 7.81. The van der Waals surface area contributed by atoms with E-state index in [9.17, 15) is 0 Å². The van der Waals surface area contributed by atoms with Gasteiger partial charge in [-0.15, -0.1) is 11.3 Å². The topological polar surface area (TPSA) is 25.8 Å². The minimum atomic E-state index is 0.469. The molecule has 0 radical (unpaired) electrons. The van der Waals surface area contributed by atoms with Crippen molar-refractivity contribution in [2.75, 3.05) is 0 Å². The Kier molecular flexibility index (Phi) is 4.64. The standard InChI is InChI=1S/C12H11BrCl2N2S/c1-6(2)3-7-4-10(14)17-12(16-7)9-5-8(13)11(15)18-9/h4-6H,3H2,1-2H3. The monoisotopic (exact) mass is 364 g/mol. The molecule has 0 spiro atoms. The highest BCUT2D eigenvalue weighted by molar-refractivity contribution is 9.10. The Balaban J connectivity index is 2.41. The molecule has 2 aromatic heterocycles. The number of aromatic nitrogens is 2. The first-order valence-electron chi connectivity index (χ1n) is 5.44. The molecule has 2 rings (SSSR count). The van der Waals surface area contributed by atoms with Gasteiger partial charge in [-0.1, -0.05) is 37.0 Å². The third kappa shape index (κ3) is 3.44. The second-order valence-corrected chi connectivity index (χ2v) is 7.23. The summed E-state index contributed by atoms with van der Waals surface area (Å²) < 4.78 is 1.55. The van der Waals surface area contributed by atoms with Gasteiger partial charge in [-0.2, -0.15) is 0 Å². The summed E-state index contributed by atoms with van der Waals surface area (Å²) in [6, 6.07) is 3.73. The van der Waals surface area contributed by atoms with Crippen LogP contribution in [0.4, 0.5) is 0 Å². The number of thiophene rings is 1. The summed E-state index contributed by atoms with van der Waals surface area (Å²) in [6.45, 7) is 4.29. The van der Waals surface area contributed by atoms with E-state index < -0.39 is 0 Å². The molecular weight excluding hydrogens is 355 g/mol. The van der Waals surface area contributed by atoms with Crippen molar-refractivity contribution in [1.29, 1.82) is 0 Å². The van der Waals surface area contributed by atoms with Gasteiger partial charge in [0.25, 0.3) is 0 Å². The molecule has 0 fully saturated rings. The SMILES string of the molecule is CC(C)Cc1cc(Cl)nc(-c2cc(Br)c(Cl)s2)n1. The quantitative estimate of drug-likeness (QED) is 0.673. The fourth-order valence-corrected chi connectivity index (χ4v) is 3.40. The molecule has 18 heavy (non-hydrogen) atoms. The van der Waals surface area contributed by atoms with Gasteiger partial charge in [0.1, 0.15) is 9.49 Å². The van der Waals surface area contributed by atoms with Gasteiger partial charge in [0.15, 0.2) is 5.82 Å². The van der Waals surface area contributed by atoms with Crippen LogP contribution >= 0.6 is 50.5 Å². The molecule has 2 heterocycles. The molecule has 0 saturated carbocycles. The number of hydrogen-bond acceptors (Lipinski definition) is 3. The van der Waals surface area contributed by atoms with Gasteiger partial charge in [0, 0.05) is 10.2 Å². The van der Waals surface area contributed by atoms with Crippen LogP contribution in [-0.4, -0.2) is 9.97 Å². The number of rotatable bonds is 3. The van der Waals surface area contributed by atoms with E-state index in [1.165, 1.54) is 11.3 Å². The van der Waals surface area contributed by atoms with Crippen molar-refractivity contribution in [2.45, 2.75) is 20.3 Å². The molecule has 0 N–H and O–H groups in total. The van der Waals surface area contributed by atoms with E-state index in [-0.39, 0.29) is 0 Å². The summed E-state index contributed by atoms with van der Waals surface area (Å²) >= 11 is 16.9. The Hall–Kier alpha value is -0.160. The minimum absolute atomic E-state index is 0.469. The van der Waals surface area contributed by atoms with Crippen molar-refractivity contribution < 1.29 is 0 Å². The average Bonchev–Trinajstić information content (AvgIpc) is 2.57. The van der Waals surface area contributed by atoms with Crippen molar-refractivity contribution in [3.8, 4) is 10.7 Å². The summed E-state index contributed by atoms with van der Waals surface area (Å²) in [6.07, 6.45) is 0.884. The van der Waals surface area contributed by atoms with E-state index in [2.05, 4.69) is 39.7 Å². The molecule has 0 bridgehead atoms. The lowest BCUT2D eigenvalue weighted by molar-refractivity contribution is 0.634. The third-order valence-electron chi connectivity index (χ3n) is 2.23. The lowest BCUT2D eigenvalue weighted by Crippen LogP contribution is -2.00. The van der Waals surface area contributed by atoms with Gasteiger partial charge < -0.3 is 0 Å². The molecule has 2 aromatic rings. The lowest BCUT2D eigenvalue weighted by atomic mass is 10.1. The van der Waals surface area contributed by atoms with Crippen LogP contribution in [0.25, 0.3) is 10.7 Å². The van der Waals surface area contributed by atoms with Crippen molar-refractivity contribution in [3.63, 3.8) is 0 Å². The van der Waals surface area contributed by atoms with Gasteiger partial charge in [-0.25, -0.2) is 9.97 Å². The third-order valence-corrected chi connectivity index (χ3v) is 4.90. The molecule has 0 amide bonds. The zero-order chi connectivity index (χ0) is 13.3. The van der Waals surface area contributed by atoms with Crippen molar-refractivity contribution in [2.24, 2.45) is 5.92 Å². The van der Waals surface area contributed by atoms with E-state index in [0.717, 1.165) is 21.5 Å². The van der Waals surface area contributed by atoms with Crippen LogP contribution in [0, 0.1) is 5.92 Å². The second-order valence-electron chi connectivity index (χ2n) is 4.34. The maximum atomic E-state index is 6.04. The zero-order valence-corrected chi connectivity index (χ0v) is 13.8. The van der Waals surface area contributed by atoms with Gasteiger partial charge in [-0.3, -0.25) is 0 Å². The van der Waals surface area contributed by atoms with Crippen molar-refractivity contribution >= 4 is 50.5 Å². The minimum Gasteiger partial charge on any atom is -0.232 e. The van der Waals surface area contributed by atoms with Crippen LogP contribution in [0.1, 0.15) is 19.5 Å². The first-order chi connectivity index (χ1) is 8.45. The maximum absolute atomic E-state index is 6.04. The van der Waals surface area contributed by atoms with Gasteiger partial charge in [-0.05, 0) is 40.4 Å². The second kappa shape index (κ2) is 5.87. The fourth-order valence-electron chi connectivity index (χ4n) is 1.55. The van der Waals surface area contributed by atoms with E-state index in [4.69, 9.17) is 23.2 Å². The predicted octanol–water partition coefficient (Wildman–Crippen LogP) is 5.47. The highest BCUT2D eigenvalue weighted by Crippen LogP contribution is 2.37. The van der Waals surface area contributed by atoms with Gasteiger partial charge >= 0.3 is 0 Å². The van der Waals surface area contributed by atoms with Crippen molar-refractivity contribution in [1.82, 2.24) is 9.97 Å². The predicted molar refractivity (Wildman–Crippen MR) is 81.6 cm³/mol. The Morgan fingerprint density at radius 2 is 2.00 bits per heavy atom. The number of hydrogen-bond donors (Lipinski definition) is 0. The van der Waals surface area contributed by atoms with E-state index in [1.54, 1.807) is 0 Å². The van der Waals surface area contributed by atoms with Gasteiger partial charge in [0.2, 0.25) is 0 Å². The van der Waals surface area contributed by atoms with Crippen LogP contribution in [0.5, 0.6) is 0 Å². The maximum Gasteiger partial charge on any atom is 0.171 e. The molecule has 0 aliphatic carbocycles. The molecule has 0 aliphatic rings. The van der Waals surface area contributed by atoms with Crippen LogP contribution < -0.4 is 0 Å². The summed E-state index contributed by atoms with van der Waals surface area (Å²) in [5.41, 5.74) is 0.959. The molecule has 96 valence electrons. The highest BCUT2D eigenvalue weighted by Gasteiger charge is 2.12. The molecular formula is C12H11BrCl2N2S. The Bertz CT molecular complexity index is 550. The molecule has 0 aliphatic heterocycles. The van der Waals surface area contributed by atoms with E-state index in [1.807, 2.05) is 12.1 Å². The summed E-state index contributed by atoms with van der Waals surface area (Å²) in [4.78, 5) is 9.70. The molecule has 0 unspecified atom stereocenters. The summed E-state index contributed by atoms with van der Waals surface area (Å²) in [5.74, 6) is 1.17. The lowest BCUT2D eigenvalue weighted by Gasteiger charge is -2.06. The van der Waals surface area contributed by atoms with E-state index in [0.29, 0.717) is 21.2 Å². The Morgan fingerprint density at radius 1 is 1.28 bits per heavy atom. The smallest absolute Gasteiger partial charge is 0.171 e. The van der Waals surface area contributed by atoms with Crippen molar-refractivity contribution in [3.05, 3.63) is 31.8 Å². The summed E-state index contributed by atoms with van der Waals surface area (Å²) in [5, 5.41) is 0.469. The molecule has 0 atom stereocenters. The fraction of sp³-hybridized carbons (Fsp3) is 0.333. The normalized spacial score (nSPS) is 11.2. The van der Waals surface area contributed by atoms with E-state index >= 15 is 0 Å². The molecule has 0 saturated heterocycles. The largest absolute Gasteiger partial charge is 0.232 e.